The van der Waals surface area contributed by atoms with Crippen LogP contribution in [-0.4, -0.2) is 23.7 Å². The molecule has 0 aromatic heterocycles. The summed E-state index contributed by atoms with van der Waals surface area (Å²) in [5, 5.41) is 2.28. The number of carbonyl (C=O) groups is 2. The summed E-state index contributed by atoms with van der Waals surface area (Å²) in [7, 11) is 1.63. The fourth-order valence-corrected chi connectivity index (χ4v) is 3.97. The minimum atomic E-state index is -0.0389. The Balaban J connectivity index is 1.54. The van der Waals surface area contributed by atoms with Gasteiger partial charge >= 0.3 is 0 Å². The molecule has 0 N–H and O–H groups in total. The Morgan fingerprint density at radius 1 is 0.727 bits per heavy atom. The zero-order valence-corrected chi connectivity index (χ0v) is 18.7. The largest absolute Gasteiger partial charge is 0.497 e. The number of ketones is 1. The van der Waals surface area contributed by atoms with E-state index in [-0.39, 0.29) is 24.5 Å². The summed E-state index contributed by atoms with van der Waals surface area (Å²) in [5.41, 5.74) is 2.74. The molecular formula is C29H27NO3. The fourth-order valence-electron chi connectivity index (χ4n) is 3.97. The van der Waals surface area contributed by atoms with Gasteiger partial charge in [-0.05, 0) is 34.0 Å². The molecule has 4 rings (SSSR count). The molecular weight excluding hydrogens is 410 g/mol. The Labute approximate surface area is 194 Å². The zero-order chi connectivity index (χ0) is 23.0. The molecule has 0 aliphatic heterocycles. The van der Waals surface area contributed by atoms with Gasteiger partial charge in [-0.1, -0.05) is 84.9 Å². The summed E-state index contributed by atoms with van der Waals surface area (Å²) in [6.07, 6.45) is 0.367. The minimum Gasteiger partial charge on any atom is -0.497 e. The first-order valence-corrected chi connectivity index (χ1v) is 11.1. The maximum absolute atomic E-state index is 13.3. The van der Waals surface area contributed by atoms with Crippen LogP contribution in [0.3, 0.4) is 0 Å². The number of rotatable bonds is 9. The summed E-state index contributed by atoms with van der Waals surface area (Å²) in [5.74, 6) is 0.723. The lowest BCUT2D eigenvalue weighted by molar-refractivity contribution is -0.132. The van der Waals surface area contributed by atoms with Crippen molar-refractivity contribution in [1.82, 2.24) is 4.90 Å². The van der Waals surface area contributed by atoms with E-state index in [9.17, 15) is 9.59 Å². The Hall–Kier alpha value is -3.92. The monoisotopic (exact) mass is 437 g/mol. The molecule has 0 unspecified atom stereocenters. The third-order valence-electron chi connectivity index (χ3n) is 5.79. The maximum Gasteiger partial charge on any atom is 0.223 e. The van der Waals surface area contributed by atoms with Crippen LogP contribution in [-0.2, 0) is 17.9 Å². The Morgan fingerprint density at radius 3 is 2.18 bits per heavy atom. The Morgan fingerprint density at radius 2 is 1.42 bits per heavy atom. The quantitative estimate of drug-likeness (QED) is 0.300. The lowest BCUT2D eigenvalue weighted by Crippen LogP contribution is -2.30. The highest BCUT2D eigenvalue weighted by molar-refractivity contribution is 5.98. The normalized spacial score (nSPS) is 10.7. The van der Waals surface area contributed by atoms with Gasteiger partial charge in [-0.2, -0.15) is 0 Å². The first kappa shape index (κ1) is 22.3. The van der Waals surface area contributed by atoms with Crippen LogP contribution in [0.2, 0.25) is 0 Å². The summed E-state index contributed by atoms with van der Waals surface area (Å²) in [4.78, 5) is 27.7. The number of benzene rings is 4. The highest BCUT2D eigenvalue weighted by atomic mass is 16.5. The number of carbonyl (C=O) groups excluding carboxylic acids is 2. The summed E-state index contributed by atoms with van der Waals surface area (Å²) in [6, 6.07) is 31.2. The molecule has 0 aliphatic carbocycles. The van der Waals surface area contributed by atoms with Gasteiger partial charge < -0.3 is 9.64 Å². The summed E-state index contributed by atoms with van der Waals surface area (Å²) < 4.78 is 5.25. The van der Waals surface area contributed by atoms with E-state index in [1.807, 2.05) is 65.6 Å². The zero-order valence-electron chi connectivity index (χ0n) is 18.7. The number of hydrogen-bond acceptors (Lipinski definition) is 3. The molecule has 166 valence electrons. The van der Waals surface area contributed by atoms with E-state index in [0.29, 0.717) is 18.7 Å². The predicted molar refractivity (Wildman–Crippen MR) is 131 cm³/mol. The molecule has 4 nitrogen and oxygen atoms in total. The van der Waals surface area contributed by atoms with Crippen molar-refractivity contribution in [1.29, 1.82) is 0 Å². The van der Waals surface area contributed by atoms with Crippen LogP contribution in [0.25, 0.3) is 10.8 Å². The van der Waals surface area contributed by atoms with Crippen molar-refractivity contribution in [2.45, 2.75) is 25.9 Å². The Bertz CT molecular complexity index is 1230. The van der Waals surface area contributed by atoms with Gasteiger partial charge in [0.25, 0.3) is 0 Å². The van der Waals surface area contributed by atoms with Crippen LogP contribution in [0, 0.1) is 0 Å². The first-order chi connectivity index (χ1) is 16.1. The fraction of sp³-hybridized carbons (Fsp3) is 0.172. The molecule has 0 saturated carbocycles. The molecule has 0 radical (unpaired) electrons. The topological polar surface area (TPSA) is 46.6 Å². The second-order valence-corrected chi connectivity index (χ2v) is 8.03. The highest BCUT2D eigenvalue weighted by Crippen LogP contribution is 2.22. The third-order valence-corrected chi connectivity index (χ3v) is 5.79. The van der Waals surface area contributed by atoms with E-state index >= 15 is 0 Å². The number of amides is 1. The second-order valence-electron chi connectivity index (χ2n) is 8.03. The number of ether oxygens (including phenoxy) is 1. The molecule has 0 saturated heterocycles. The highest BCUT2D eigenvalue weighted by Gasteiger charge is 2.18. The van der Waals surface area contributed by atoms with E-state index in [1.165, 1.54) is 0 Å². The summed E-state index contributed by atoms with van der Waals surface area (Å²) in [6.45, 7) is 0.942. The molecule has 33 heavy (non-hydrogen) atoms. The van der Waals surface area contributed by atoms with Crippen molar-refractivity contribution in [3.05, 3.63) is 114 Å². The van der Waals surface area contributed by atoms with Gasteiger partial charge in [0.2, 0.25) is 5.91 Å². The third kappa shape index (κ3) is 5.66. The molecule has 4 aromatic rings. The van der Waals surface area contributed by atoms with Crippen LogP contribution >= 0.6 is 0 Å². The van der Waals surface area contributed by atoms with E-state index < -0.39 is 0 Å². The number of fused-ring (bicyclic) bond motifs is 1. The van der Waals surface area contributed by atoms with Gasteiger partial charge in [0, 0.05) is 31.5 Å². The lowest BCUT2D eigenvalue weighted by Gasteiger charge is -2.24. The van der Waals surface area contributed by atoms with Crippen molar-refractivity contribution in [3.8, 4) is 5.75 Å². The number of hydrogen-bond donors (Lipinski definition) is 0. The van der Waals surface area contributed by atoms with Gasteiger partial charge in [0.1, 0.15) is 5.75 Å². The minimum absolute atomic E-state index is 0.0153. The average Bonchev–Trinajstić information content (AvgIpc) is 2.87. The smallest absolute Gasteiger partial charge is 0.223 e. The number of nitrogens with zero attached hydrogens (tertiary/aromatic N) is 1. The van der Waals surface area contributed by atoms with Crippen molar-refractivity contribution in [3.63, 3.8) is 0 Å². The SMILES string of the molecule is COc1ccc(CN(Cc2cccc3ccccc23)C(=O)CCC(=O)c2ccccc2)cc1. The molecule has 0 heterocycles. The second kappa shape index (κ2) is 10.6. The molecule has 0 atom stereocenters. The molecule has 4 heteroatoms. The van der Waals surface area contributed by atoms with Gasteiger partial charge in [-0.15, -0.1) is 0 Å². The van der Waals surface area contributed by atoms with Gasteiger partial charge in [-0.3, -0.25) is 9.59 Å². The van der Waals surface area contributed by atoms with E-state index in [4.69, 9.17) is 4.74 Å². The van der Waals surface area contributed by atoms with Crippen molar-refractivity contribution < 1.29 is 14.3 Å². The van der Waals surface area contributed by atoms with Gasteiger partial charge in [-0.25, -0.2) is 0 Å². The van der Waals surface area contributed by atoms with Crippen LogP contribution in [0.1, 0.15) is 34.3 Å². The van der Waals surface area contributed by atoms with Crippen molar-refractivity contribution >= 4 is 22.5 Å². The van der Waals surface area contributed by atoms with E-state index in [1.54, 1.807) is 19.2 Å². The molecule has 0 bridgehead atoms. The van der Waals surface area contributed by atoms with E-state index in [0.717, 1.165) is 27.6 Å². The van der Waals surface area contributed by atoms with E-state index in [2.05, 4.69) is 24.3 Å². The Kier molecular flexibility index (Phi) is 7.16. The predicted octanol–water partition coefficient (Wildman–Crippen LogP) is 6.04. The van der Waals surface area contributed by atoms with Gasteiger partial charge in [0.15, 0.2) is 5.78 Å². The van der Waals surface area contributed by atoms with Crippen LogP contribution in [0.15, 0.2) is 97.1 Å². The molecule has 1 amide bonds. The van der Waals surface area contributed by atoms with Gasteiger partial charge in [0.05, 0.1) is 7.11 Å². The standard InChI is InChI=1S/C29H27NO3/c1-33-26-16-14-22(15-17-26)20-30(21-25-12-7-11-23-8-5-6-13-27(23)25)29(32)19-18-28(31)24-9-3-2-4-10-24/h2-17H,18-21H2,1H3. The van der Waals surface area contributed by atoms with Crippen molar-refractivity contribution in [2.24, 2.45) is 0 Å². The molecule has 0 fully saturated rings. The molecule has 0 aliphatic rings. The first-order valence-electron chi connectivity index (χ1n) is 11.1. The number of Topliss-reactive ketones (excluding diaryl/α,β-unsaturated/α-hetero) is 1. The maximum atomic E-state index is 13.3. The summed E-state index contributed by atoms with van der Waals surface area (Å²) >= 11 is 0. The van der Waals surface area contributed by atoms with Crippen LogP contribution in [0.5, 0.6) is 5.75 Å². The van der Waals surface area contributed by atoms with Crippen LogP contribution in [0.4, 0.5) is 0 Å². The molecule has 0 spiro atoms. The average molecular weight is 438 g/mol. The molecule has 4 aromatic carbocycles. The number of methoxy groups -OCH3 is 1. The lowest BCUT2D eigenvalue weighted by atomic mass is 10.0. The van der Waals surface area contributed by atoms with Crippen LogP contribution < -0.4 is 4.74 Å². The van der Waals surface area contributed by atoms with Crippen molar-refractivity contribution in [2.75, 3.05) is 7.11 Å².